The number of hydrogen-bond acceptors (Lipinski definition) is 2. The zero-order valence-corrected chi connectivity index (χ0v) is 15.0. The fraction of sp³-hybridized carbons (Fsp3) is 0.389. The summed E-state index contributed by atoms with van der Waals surface area (Å²) in [6.45, 7) is 3.27. The van der Waals surface area contributed by atoms with Crippen LogP contribution in [0.5, 0.6) is 0 Å². The van der Waals surface area contributed by atoms with Gasteiger partial charge in [-0.25, -0.2) is 4.98 Å². The van der Waals surface area contributed by atoms with E-state index in [1.807, 2.05) is 11.3 Å². The van der Waals surface area contributed by atoms with E-state index < -0.39 is 0 Å². The lowest BCUT2D eigenvalue weighted by Gasteiger charge is -2.10. The molecule has 22 heavy (non-hydrogen) atoms. The summed E-state index contributed by atoms with van der Waals surface area (Å²) in [5.74, 6) is 0. The van der Waals surface area contributed by atoms with Gasteiger partial charge in [0.1, 0.15) is 0 Å². The van der Waals surface area contributed by atoms with Crippen LogP contribution in [0.3, 0.4) is 0 Å². The Morgan fingerprint density at radius 1 is 1.23 bits per heavy atom. The fourth-order valence-electron chi connectivity index (χ4n) is 2.94. The summed E-state index contributed by atoms with van der Waals surface area (Å²) >= 11 is 1.86. The molecule has 1 heterocycles. The first-order valence-electron chi connectivity index (χ1n) is 7.69. The van der Waals surface area contributed by atoms with E-state index in [9.17, 15) is 0 Å². The second-order valence-corrected chi connectivity index (χ2v) is 7.31. The van der Waals surface area contributed by atoms with Crippen LogP contribution in [0.1, 0.15) is 33.1 Å². The molecule has 4 heteroatoms. The number of nitrogens with zero attached hydrogens (tertiary/aromatic N) is 1. The van der Waals surface area contributed by atoms with Crippen LogP contribution in [0.2, 0.25) is 0 Å². The molecule has 1 aromatic heterocycles. The number of quaternary nitrogens is 1. The van der Waals surface area contributed by atoms with Crippen LogP contribution in [0.25, 0.3) is 5.57 Å². The van der Waals surface area contributed by atoms with Crippen LogP contribution in [-0.2, 0) is 12.8 Å². The Bertz CT molecular complexity index is 673. The number of rotatable bonds is 3. The molecule has 0 radical (unpaired) electrons. The smallest absolute Gasteiger partial charge is 0.0904 e. The summed E-state index contributed by atoms with van der Waals surface area (Å²) in [5, 5.41) is 1.18. The third-order valence-electron chi connectivity index (χ3n) is 3.98. The molecule has 1 N–H and O–H groups in total. The lowest BCUT2D eigenvalue weighted by atomic mass is 9.97. The summed E-state index contributed by atoms with van der Waals surface area (Å²) in [6, 6.07) is 8.82. The number of nitrogens with one attached hydrogen (secondary N) is 1. The van der Waals surface area contributed by atoms with Crippen molar-refractivity contribution >= 4 is 16.9 Å². The molecule has 0 bridgehead atoms. The second-order valence-electron chi connectivity index (χ2n) is 6.03. The number of hydrogen-bond donors (Lipinski definition) is 1. The van der Waals surface area contributed by atoms with Crippen molar-refractivity contribution in [2.45, 2.75) is 26.2 Å². The summed E-state index contributed by atoms with van der Waals surface area (Å²) in [5.41, 5.74) is 5.43. The lowest BCUT2D eigenvalue weighted by molar-refractivity contribution is -0.857. The highest BCUT2D eigenvalue weighted by atomic mass is 35.5. The number of aryl methyl sites for hydroxylation is 3. The van der Waals surface area contributed by atoms with E-state index >= 15 is 0 Å². The Hall–Kier alpha value is -1.16. The Morgan fingerprint density at radius 3 is 2.77 bits per heavy atom. The van der Waals surface area contributed by atoms with Crippen molar-refractivity contribution in [2.24, 2.45) is 0 Å². The zero-order chi connectivity index (χ0) is 14.8. The first-order valence-corrected chi connectivity index (χ1v) is 8.51. The van der Waals surface area contributed by atoms with Crippen molar-refractivity contribution in [1.82, 2.24) is 4.98 Å². The van der Waals surface area contributed by atoms with Crippen molar-refractivity contribution < 1.29 is 17.3 Å². The largest absolute Gasteiger partial charge is 1.00 e. The molecule has 1 aromatic carbocycles. The predicted molar refractivity (Wildman–Crippen MR) is 90.1 cm³/mol. The quantitative estimate of drug-likeness (QED) is 0.802. The molecule has 2 aromatic rings. The topological polar surface area (TPSA) is 17.3 Å². The van der Waals surface area contributed by atoms with Gasteiger partial charge in [-0.3, -0.25) is 0 Å². The minimum absolute atomic E-state index is 0. The van der Waals surface area contributed by atoms with E-state index in [0.717, 1.165) is 25.8 Å². The van der Waals surface area contributed by atoms with Crippen molar-refractivity contribution in [3.8, 4) is 0 Å². The molecule has 1 aliphatic carbocycles. The van der Waals surface area contributed by atoms with Gasteiger partial charge < -0.3 is 17.3 Å². The number of fused-ring (bicyclic) bond motifs is 2. The van der Waals surface area contributed by atoms with Gasteiger partial charge in [-0.05, 0) is 30.9 Å². The molecule has 0 saturated carbocycles. The highest BCUT2D eigenvalue weighted by molar-refractivity contribution is 7.11. The van der Waals surface area contributed by atoms with Gasteiger partial charge in [0.05, 0.1) is 31.3 Å². The molecule has 0 unspecified atom stereocenters. The van der Waals surface area contributed by atoms with Gasteiger partial charge >= 0.3 is 0 Å². The molecular formula is C18H23ClN2S. The Morgan fingerprint density at radius 2 is 2.00 bits per heavy atom. The van der Waals surface area contributed by atoms with Crippen LogP contribution in [0.4, 0.5) is 0 Å². The van der Waals surface area contributed by atoms with E-state index in [0.29, 0.717) is 0 Å². The number of halogens is 1. The summed E-state index contributed by atoms with van der Waals surface area (Å²) in [7, 11) is 4.41. The third kappa shape index (κ3) is 3.60. The minimum atomic E-state index is 0. The molecule has 3 rings (SSSR count). The molecule has 0 amide bonds. The molecule has 0 atom stereocenters. The first-order chi connectivity index (χ1) is 10.1. The first kappa shape index (κ1) is 17.2. The fourth-order valence-corrected chi connectivity index (χ4v) is 3.89. The average Bonchev–Trinajstić information content (AvgIpc) is 2.76. The van der Waals surface area contributed by atoms with Gasteiger partial charge in [-0.1, -0.05) is 30.3 Å². The van der Waals surface area contributed by atoms with E-state index in [2.05, 4.69) is 51.4 Å². The molecular weight excluding hydrogens is 312 g/mol. The molecule has 0 spiro atoms. The lowest BCUT2D eigenvalue weighted by Crippen LogP contribution is -3.05. The average molecular weight is 335 g/mol. The van der Waals surface area contributed by atoms with Gasteiger partial charge in [-0.15, -0.1) is 11.3 Å². The van der Waals surface area contributed by atoms with Crippen LogP contribution >= 0.6 is 11.3 Å². The van der Waals surface area contributed by atoms with Gasteiger partial charge in [0, 0.05) is 16.9 Å². The third-order valence-corrected chi connectivity index (χ3v) is 5.01. The Labute approximate surface area is 143 Å². The number of thiazole rings is 1. The predicted octanol–water partition coefficient (Wildman–Crippen LogP) is -0.480. The maximum absolute atomic E-state index is 4.83. The normalized spacial score (nSPS) is 15.2. The number of aromatic nitrogens is 1. The monoisotopic (exact) mass is 334 g/mol. The molecule has 0 fully saturated rings. The summed E-state index contributed by atoms with van der Waals surface area (Å²) in [6.07, 6.45) is 5.74. The van der Waals surface area contributed by atoms with Crippen LogP contribution in [0, 0.1) is 6.92 Å². The zero-order valence-electron chi connectivity index (χ0n) is 13.4. The van der Waals surface area contributed by atoms with Crippen LogP contribution in [0.15, 0.2) is 30.3 Å². The Balaban J connectivity index is 0.00000176. The second kappa shape index (κ2) is 7.40. The van der Waals surface area contributed by atoms with Gasteiger partial charge in [0.15, 0.2) is 0 Å². The molecule has 1 aliphatic rings. The highest BCUT2D eigenvalue weighted by Crippen LogP contribution is 2.35. The van der Waals surface area contributed by atoms with Gasteiger partial charge in [0.2, 0.25) is 0 Å². The molecule has 118 valence electrons. The van der Waals surface area contributed by atoms with Gasteiger partial charge in [0.25, 0.3) is 0 Å². The molecule has 0 aliphatic heterocycles. The standard InChI is InChI=1S/C18H22N2S.ClH/c1-13-19-18-16(9-6-12-20(2)3)15-8-5-4-7-14(15)10-11-17(18)21-13;/h4-5,7-9H,6,10-12H2,1-3H3;1H/b16-9-;. The van der Waals surface area contributed by atoms with E-state index in [-0.39, 0.29) is 12.4 Å². The summed E-state index contributed by atoms with van der Waals surface area (Å²) in [4.78, 5) is 7.77. The van der Waals surface area contributed by atoms with E-state index in [4.69, 9.17) is 4.98 Å². The SMILES string of the molecule is Cc1nc2c(s1)CCc1ccccc1/C2=C/CC[NH+](C)C.[Cl-]. The molecule has 2 nitrogen and oxygen atoms in total. The van der Waals surface area contributed by atoms with Crippen LogP contribution in [-0.4, -0.2) is 25.6 Å². The van der Waals surface area contributed by atoms with Crippen molar-refractivity contribution in [1.29, 1.82) is 0 Å². The minimum Gasteiger partial charge on any atom is -1.00 e. The van der Waals surface area contributed by atoms with Crippen molar-refractivity contribution in [2.75, 3.05) is 20.6 Å². The van der Waals surface area contributed by atoms with E-state index in [1.54, 1.807) is 0 Å². The maximum atomic E-state index is 4.83. The number of benzene rings is 1. The van der Waals surface area contributed by atoms with Crippen LogP contribution < -0.4 is 17.3 Å². The van der Waals surface area contributed by atoms with E-state index in [1.165, 1.54) is 37.2 Å². The van der Waals surface area contributed by atoms with Crippen molar-refractivity contribution in [3.63, 3.8) is 0 Å². The van der Waals surface area contributed by atoms with Crippen molar-refractivity contribution in [3.05, 3.63) is 57.0 Å². The Kier molecular flexibility index (Phi) is 5.79. The summed E-state index contributed by atoms with van der Waals surface area (Å²) < 4.78 is 0. The van der Waals surface area contributed by atoms with Gasteiger partial charge in [-0.2, -0.15) is 0 Å². The maximum Gasteiger partial charge on any atom is 0.0904 e. The molecule has 0 saturated heterocycles. The highest BCUT2D eigenvalue weighted by Gasteiger charge is 2.21.